The van der Waals surface area contributed by atoms with Gasteiger partial charge in [-0.2, -0.15) is 0 Å². The SMILES string of the molecule is Cc1ccccc1CC(=O)N1CC[C@@H]1C(=O)O. The standard InChI is InChI=1S/C13H15NO3/c1-9-4-2-3-5-10(9)8-12(15)14-7-6-11(14)13(16)17/h2-5,11H,6-8H2,1H3,(H,16,17)/t11-/m1/s1. The maximum Gasteiger partial charge on any atom is 0.326 e. The number of hydrogen-bond donors (Lipinski definition) is 1. The van der Waals surface area contributed by atoms with E-state index in [2.05, 4.69) is 0 Å². The summed E-state index contributed by atoms with van der Waals surface area (Å²) in [5, 5.41) is 8.88. The molecule has 4 heteroatoms. The Bertz CT molecular complexity index is 456. The third-order valence-corrected chi connectivity index (χ3v) is 3.23. The van der Waals surface area contributed by atoms with E-state index >= 15 is 0 Å². The van der Waals surface area contributed by atoms with Crippen LogP contribution >= 0.6 is 0 Å². The van der Waals surface area contributed by atoms with Crippen molar-refractivity contribution in [3.8, 4) is 0 Å². The topological polar surface area (TPSA) is 57.6 Å². The Kier molecular flexibility index (Phi) is 3.13. The first-order valence-corrected chi connectivity index (χ1v) is 5.66. The molecule has 90 valence electrons. The van der Waals surface area contributed by atoms with E-state index in [9.17, 15) is 9.59 Å². The molecule has 0 unspecified atom stereocenters. The lowest BCUT2D eigenvalue weighted by Crippen LogP contribution is -2.55. The van der Waals surface area contributed by atoms with E-state index in [1.165, 1.54) is 4.90 Å². The van der Waals surface area contributed by atoms with Gasteiger partial charge in [0.15, 0.2) is 0 Å². The Morgan fingerprint density at radius 1 is 1.41 bits per heavy atom. The molecule has 4 nitrogen and oxygen atoms in total. The Morgan fingerprint density at radius 2 is 2.12 bits per heavy atom. The number of aliphatic carboxylic acids is 1. The number of carboxylic acids is 1. The normalized spacial score (nSPS) is 18.6. The predicted molar refractivity (Wildman–Crippen MR) is 62.6 cm³/mol. The maximum absolute atomic E-state index is 11.9. The number of carbonyl (C=O) groups is 2. The summed E-state index contributed by atoms with van der Waals surface area (Å²) in [5.74, 6) is -1.01. The van der Waals surface area contributed by atoms with Gasteiger partial charge in [0.05, 0.1) is 6.42 Å². The van der Waals surface area contributed by atoms with Gasteiger partial charge in [-0.05, 0) is 24.5 Å². The van der Waals surface area contributed by atoms with Crippen LogP contribution in [0.2, 0.25) is 0 Å². The summed E-state index contributed by atoms with van der Waals surface area (Å²) in [4.78, 5) is 24.2. The molecule has 0 aromatic heterocycles. The predicted octanol–water partition coefficient (Wildman–Crippen LogP) is 1.22. The van der Waals surface area contributed by atoms with E-state index in [0.29, 0.717) is 13.0 Å². The van der Waals surface area contributed by atoms with E-state index in [-0.39, 0.29) is 12.3 Å². The van der Waals surface area contributed by atoms with Crippen LogP contribution in [0.1, 0.15) is 17.5 Å². The molecule has 1 aromatic rings. The van der Waals surface area contributed by atoms with Gasteiger partial charge in [-0.25, -0.2) is 4.79 Å². The highest BCUT2D eigenvalue weighted by Crippen LogP contribution is 2.19. The van der Waals surface area contributed by atoms with Gasteiger partial charge < -0.3 is 10.0 Å². The summed E-state index contributed by atoms with van der Waals surface area (Å²) in [6.07, 6.45) is 0.852. The van der Waals surface area contributed by atoms with Crippen LogP contribution in [0.25, 0.3) is 0 Å². The summed E-state index contributed by atoms with van der Waals surface area (Å²) in [6, 6.07) is 7.05. The second kappa shape index (κ2) is 4.57. The number of benzene rings is 1. The Morgan fingerprint density at radius 3 is 2.65 bits per heavy atom. The number of hydrogen-bond acceptors (Lipinski definition) is 2. The zero-order valence-corrected chi connectivity index (χ0v) is 9.72. The van der Waals surface area contributed by atoms with Crippen molar-refractivity contribution >= 4 is 11.9 Å². The smallest absolute Gasteiger partial charge is 0.326 e. The highest BCUT2D eigenvalue weighted by molar-refractivity contribution is 5.86. The number of aryl methyl sites for hydroxylation is 1. The van der Waals surface area contributed by atoms with E-state index in [0.717, 1.165) is 11.1 Å². The second-order valence-corrected chi connectivity index (χ2v) is 4.33. The van der Waals surface area contributed by atoms with Gasteiger partial charge >= 0.3 is 5.97 Å². The van der Waals surface area contributed by atoms with E-state index in [4.69, 9.17) is 5.11 Å². The Hall–Kier alpha value is -1.84. The van der Waals surface area contributed by atoms with Gasteiger partial charge in [0.1, 0.15) is 6.04 Å². The first-order valence-electron chi connectivity index (χ1n) is 5.66. The fraction of sp³-hybridized carbons (Fsp3) is 0.385. The lowest BCUT2D eigenvalue weighted by atomic mass is 10.00. The average Bonchev–Trinajstić information content (AvgIpc) is 2.18. The summed E-state index contributed by atoms with van der Waals surface area (Å²) in [7, 11) is 0. The lowest BCUT2D eigenvalue weighted by molar-refractivity contribution is -0.156. The molecule has 2 rings (SSSR count). The van der Waals surface area contributed by atoms with E-state index in [1.807, 2.05) is 31.2 Å². The van der Waals surface area contributed by atoms with Crippen molar-refractivity contribution in [3.05, 3.63) is 35.4 Å². The minimum atomic E-state index is -0.908. The Balaban J connectivity index is 2.03. The molecule has 0 aliphatic carbocycles. The molecule has 0 radical (unpaired) electrons. The third-order valence-electron chi connectivity index (χ3n) is 3.23. The zero-order chi connectivity index (χ0) is 12.4. The van der Waals surface area contributed by atoms with Crippen LogP contribution in [-0.2, 0) is 16.0 Å². The number of carboxylic acid groups (broad SMARTS) is 1. The van der Waals surface area contributed by atoms with Crippen molar-refractivity contribution in [2.24, 2.45) is 0 Å². The molecule has 1 heterocycles. The van der Waals surface area contributed by atoms with Crippen molar-refractivity contribution in [3.63, 3.8) is 0 Å². The van der Waals surface area contributed by atoms with Crippen LogP contribution in [0.3, 0.4) is 0 Å². The quantitative estimate of drug-likeness (QED) is 0.854. The van der Waals surface area contributed by atoms with Crippen molar-refractivity contribution in [2.75, 3.05) is 6.54 Å². The summed E-state index contributed by atoms with van der Waals surface area (Å²) in [6.45, 7) is 2.51. The maximum atomic E-state index is 11.9. The number of nitrogens with zero attached hydrogens (tertiary/aromatic N) is 1. The molecule has 1 aliphatic heterocycles. The van der Waals surface area contributed by atoms with Gasteiger partial charge in [0.2, 0.25) is 5.91 Å². The summed E-state index contributed by atoms with van der Waals surface area (Å²) in [5.41, 5.74) is 2.03. The van der Waals surface area contributed by atoms with Crippen molar-refractivity contribution < 1.29 is 14.7 Å². The molecular formula is C13H15NO3. The molecule has 0 bridgehead atoms. The monoisotopic (exact) mass is 233 g/mol. The van der Waals surface area contributed by atoms with Gasteiger partial charge in [-0.3, -0.25) is 4.79 Å². The van der Waals surface area contributed by atoms with Crippen molar-refractivity contribution in [2.45, 2.75) is 25.8 Å². The van der Waals surface area contributed by atoms with Crippen LogP contribution in [0.15, 0.2) is 24.3 Å². The van der Waals surface area contributed by atoms with E-state index < -0.39 is 12.0 Å². The average molecular weight is 233 g/mol. The number of likely N-dealkylation sites (tertiary alicyclic amines) is 1. The van der Waals surface area contributed by atoms with Gasteiger partial charge in [0, 0.05) is 6.54 Å². The van der Waals surface area contributed by atoms with Crippen LogP contribution in [-0.4, -0.2) is 34.5 Å². The van der Waals surface area contributed by atoms with Crippen LogP contribution in [0.5, 0.6) is 0 Å². The third kappa shape index (κ3) is 2.30. The highest BCUT2D eigenvalue weighted by Gasteiger charge is 2.37. The van der Waals surface area contributed by atoms with E-state index in [1.54, 1.807) is 0 Å². The summed E-state index contributed by atoms with van der Waals surface area (Å²) < 4.78 is 0. The van der Waals surface area contributed by atoms with Gasteiger partial charge in [0.25, 0.3) is 0 Å². The molecule has 1 N–H and O–H groups in total. The minimum absolute atomic E-state index is 0.0991. The molecule has 1 saturated heterocycles. The first kappa shape index (κ1) is 11.6. The van der Waals surface area contributed by atoms with Crippen LogP contribution in [0, 0.1) is 6.92 Å². The van der Waals surface area contributed by atoms with Crippen LogP contribution < -0.4 is 0 Å². The molecule has 1 fully saturated rings. The largest absolute Gasteiger partial charge is 0.480 e. The molecule has 1 aromatic carbocycles. The first-order chi connectivity index (χ1) is 8.09. The summed E-state index contributed by atoms with van der Waals surface area (Å²) >= 11 is 0. The fourth-order valence-corrected chi connectivity index (χ4v) is 2.02. The fourth-order valence-electron chi connectivity index (χ4n) is 2.02. The zero-order valence-electron chi connectivity index (χ0n) is 9.72. The lowest BCUT2D eigenvalue weighted by Gasteiger charge is -2.38. The van der Waals surface area contributed by atoms with Crippen LogP contribution in [0.4, 0.5) is 0 Å². The number of rotatable bonds is 3. The molecule has 1 atom stereocenters. The molecule has 0 saturated carbocycles. The number of carbonyl (C=O) groups excluding carboxylic acids is 1. The molecular weight excluding hydrogens is 218 g/mol. The molecule has 1 aliphatic rings. The molecule has 17 heavy (non-hydrogen) atoms. The van der Waals surface area contributed by atoms with Crippen molar-refractivity contribution in [1.29, 1.82) is 0 Å². The minimum Gasteiger partial charge on any atom is -0.480 e. The Labute approximate surface area is 99.9 Å². The second-order valence-electron chi connectivity index (χ2n) is 4.33. The van der Waals surface area contributed by atoms with Gasteiger partial charge in [-0.1, -0.05) is 24.3 Å². The number of amides is 1. The van der Waals surface area contributed by atoms with Gasteiger partial charge in [-0.15, -0.1) is 0 Å². The molecule has 1 amide bonds. The highest BCUT2D eigenvalue weighted by atomic mass is 16.4. The van der Waals surface area contributed by atoms with Crippen molar-refractivity contribution in [1.82, 2.24) is 4.90 Å². The molecule has 0 spiro atoms.